The molecule has 3 rings (SSSR count). The fourth-order valence-electron chi connectivity index (χ4n) is 5.42. The lowest BCUT2D eigenvalue weighted by Crippen LogP contribution is -2.36. The molecule has 0 radical (unpaired) electrons. The van der Waals surface area contributed by atoms with Crippen molar-refractivity contribution in [2.45, 2.75) is 116 Å². The predicted octanol–water partition coefficient (Wildman–Crippen LogP) is 5.51. The number of hydrogen-bond acceptors (Lipinski definition) is 6. The van der Waals surface area contributed by atoms with E-state index in [0.29, 0.717) is 37.0 Å². The van der Waals surface area contributed by atoms with Gasteiger partial charge < -0.3 is 11.4 Å². The lowest BCUT2D eigenvalue weighted by Gasteiger charge is -2.23. The third-order valence-electron chi connectivity index (χ3n) is 7.22. The molecule has 0 unspecified atom stereocenters. The van der Waals surface area contributed by atoms with Crippen LogP contribution in [0.15, 0.2) is 0 Å². The van der Waals surface area contributed by atoms with Crippen LogP contribution in [0.1, 0.15) is 116 Å². The van der Waals surface area contributed by atoms with E-state index >= 15 is 0 Å². The fraction of sp³-hybridized carbons (Fsp3) is 0.875. The normalized spacial score (nSPS) is 21.3. The summed E-state index contributed by atoms with van der Waals surface area (Å²) in [5, 5.41) is 0. The molecule has 0 aliphatic heterocycles. The molecule has 0 aromatic rings. The van der Waals surface area contributed by atoms with Crippen LogP contribution in [-0.4, -0.2) is 33.1 Å². The van der Waals surface area contributed by atoms with E-state index in [9.17, 15) is 14.4 Å². The lowest BCUT2D eigenvalue weighted by molar-refractivity contribution is -0.149. The zero-order chi connectivity index (χ0) is 21.9. The smallest absolute Gasteiger partial charge is 0.551 e. The van der Waals surface area contributed by atoms with Gasteiger partial charge in [0.05, 0.1) is 0 Å². The first-order valence-corrected chi connectivity index (χ1v) is 14.1. The first-order chi connectivity index (χ1) is 15.1. The van der Waals surface area contributed by atoms with E-state index < -0.39 is 15.1 Å². The van der Waals surface area contributed by atoms with Gasteiger partial charge in [0.15, 0.2) is 0 Å². The SMILES string of the molecule is O=C(CC1CCCCC1)[O][Al]([O]C(=O)CC1CCCCC1)[O]C(=O)CC1CCCCC1. The molecule has 174 valence electrons. The average Bonchev–Trinajstić information content (AvgIpc) is 2.75. The second-order valence-electron chi connectivity index (χ2n) is 9.88. The van der Waals surface area contributed by atoms with Gasteiger partial charge in [0.1, 0.15) is 0 Å². The zero-order valence-corrected chi connectivity index (χ0v) is 20.1. The van der Waals surface area contributed by atoms with Crippen molar-refractivity contribution < 1.29 is 25.7 Å². The zero-order valence-electron chi connectivity index (χ0n) is 19.0. The summed E-state index contributed by atoms with van der Waals surface area (Å²) in [4.78, 5) is 37.5. The van der Waals surface area contributed by atoms with Crippen LogP contribution in [0.5, 0.6) is 0 Å². The van der Waals surface area contributed by atoms with Gasteiger partial charge in [-0.1, -0.05) is 57.8 Å². The van der Waals surface area contributed by atoms with Gasteiger partial charge in [-0.05, 0) is 56.3 Å². The Morgan fingerprint density at radius 3 is 1.00 bits per heavy atom. The number of carbonyl (C=O) groups excluding carboxylic acids is 3. The Morgan fingerprint density at radius 2 is 0.742 bits per heavy atom. The molecule has 3 aliphatic rings. The molecule has 0 bridgehead atoms. The van der Waals surface area contributed by atoms with Crippen LogP contribution in [0.25, 0.3) is 0 Å². The maximum Gasteiger partial charge on any atom is 1.20 e. The van der Waals surface area contributed by atoms with Crippen molar-refractivity contribution in [3.8, 4) is 0 Å². The molecule has 3 saturated carbocycles. The summed E-state index contributed by atoms with van der Waals surface area (Å²) in [5.74, 6) is -0.191. The Labute approximate surface area is 192 Å². The van der Waals surface area contributed by atoms with E-state index in [1.54, 1.807) is 0 Å². The molecule has 0 aromatic carbocycles. The van der Waals surface area contributed by atoms with Crippen LogP contribution >= 0.6 is 0 Å². The molecular formula is C24H39AlO6. The maximum absolute atomic E-state index is 12.5. The van der Waals surface area contributed by atoms with Gasteiger partial charge >= 0.3 is 15.1 Å². The first kappa shape index (κ1) is 24.6. The van der Waals surface area contributed by atoms with Crippen LogP contribution in [0.2, 0.25) is 0 Å². The summed E-state index contributed by atoms with van der Waals surface area (Å²) in [6.45, 7) is 0. The van der Waals surface area contributed by atoms with E-state index in [4.69, 9.17) is 11.4 Å². The van der Waals surface area contributed by atoms with Crippen LogP contribution in [-0.2, 0) is 25.7 Å². The molecule has 0 heterocycles. The molecule has 0 amide bonds. The molecule has 6 nitrogen and oxygen atoms in total. The molecule has 31 heavy (non-hydrogen) atoms. The van der Waals surface area contributed by atoms with Crippen molar-refractivity contribution >= 4 is 33.1 Å². The summed E-state index contributed by atoms with van der Waals surface area (Å²) < 4.78 is 16.5. The second-order valence-corrected chi connectivity index (χ2v) is 11.2. The highest BCUT2D eigenvalue weighted by atomic mass is 27.3. The van der Waals surface area contributed by atoms with Crippen LogP contribution in [0.3, 0.4) is 0 Å². The van der Waals surface area contributed by atoms with Gasteiger partial charge in [-0.2, -0.15) is 0 Å². The molecule has 0 atom stereocenters. The molecule has 3 aliphatic carbocycles. The Hall–Kier alpha value is -1.06. The van der Waals surface area contributed by atoms with Crippen molar-refractivity contribution in [1.29, 1.82) is 0 Å². The molecule has 0 spiro atoms. The number of carbonyl (C=O) groups is 3. The van der Waals surface area contributed by atoms with Crippen molar-refractivity contribution in [3.63, 3.8) is 0 Å². The first-order valence-electron chi connectivity index (χ1n) is 12.7. The average molecular weight is 451 g/mol. The minimum atomic E-state index is -3.17. The molecule has 7 heteroatoms. The highest BCUT2D eigenvalue weighted by Crippen LogP contribution is 2.29. The van der Waals surface area contributed by atoms with E-state index in [1.807, 2.05) is 0 Å². The van der Waals surface area contributed by atoms with E-state index in [1.165, 1.54) is 19.3 Å². The lowest BCUT2D eigenvalue weighted by atomic mass is 9.87. The third kappa shape index (κ3) is 9.53. The van der Waals surface area contributed by atoms with Crippen molar-refractivity contribution in [2.24, 2.45) is 17.8 Å². The van der Waals surface area contributed by atoms with Crippen LogP contribution in [0.4, 0.5) is 0 Å². The Kier molecular flexibility index (Phi) is 10.7. The number of hydrogen-bond donors (Lipinski definition) is 0. The van der Waals surface area contributed by atoms with E-state index in [2.05, 4.69) is 0 Å². The monoisotopic (exact) mass is 450 g/mol. The summed E-state index contributed by atoms with van der Waals surface area (Å²) in [6, 6.07) is 0. The van der Waals surface area contributed by atoms with Gasteiger partial charge in [0, 0.05) is 19.3 Å². The molecule has 0 aromatic heterocycles. The van der Waals surface area contributed by atoms with Crippen LogP contribution < -0.4 is 0 Å². The van der Waals surface area contributed by atoms with E-state index in [-0.39, 0.29) is 17.9 Å². The molecular weight excluding hydrogens is 411 g/mol. The molecule has 3 fully saturated rings. The summed E-state index contributed by atoms with van der Waals surface area (Å²) in [6.07, 6.45) is 17.7. The van der Waals surface area contributed by atoms with Gasteiger partial charge in [-0.25, -0.2) is 0 Å². The fourth-order valence-corrected chi connectivity index (χ4v) is 6.50. The van der Waals surface area contributed by atoms with Crippen molar-refractivity contribution in [2.75, 3.05) is 0 Å². The van der Waals surface area contributed by atoms with Crippen LogP contribution in [0, 0.1) is 17.8 Å². The highest BCUT2D eigenvalue weighted by molar-refractivity contribution is 6.44. The van der Waals surface area contributed by atoms with Gasteiger partial charge in [-0.15, -0.1) is 0 Å². The summed E-state index contributed by atoms with van der Waals surface area (Å²) in [7, 11) is 0. The van der Waals surface area contributed by atoms with Crippen molar-refractivity contribution in [3.05, 3.63) is 0 Å². The maximum atomic E-state index is 12.5. The standard InChI is InChI=1S/3C8H14O2.Al/c3*9-8(10)6-7-4-2-1-3-5-7;/h3*7H,1-6H2,(H,9,10);/q;;;+3/p-3. The Bertz CT molecular complexity index is 496. The largest absolute Gasteiger partial charge is 1.20 e. The van der Waals surface area contributed by atoms with E-state index in [0.717, 1.165) is 77.0 Å². The summed E-state index contributed by atoms with van der Waals surface area (Å²) >= 11 is -3.17. The Morgan fingerprint density at radius 1 is 0.484 bits per heavy atom. The third-order valence-corrected chi connectivity index (χ3v) is 8.59. The van der Waals surface area contributed by atoms with Gasteiger partial charge in [0.2, 0.25) is 0 Å². The minimum absolute atomic E-state index is 0.323. The van der Waals surface area contributed by atoms with Gasteiger partial charge in [0.25, 0.3) is 17.9 Å². The Balaban J connectivity index is 1.50. The topological polar surface area (TPSA) is 78.9 Å². The second kappa shape index (κ2) is 13.5. The summed E-state index contributed by atoms with van der Waals surface area (Å²) in [5.41, 5.74) is 0. The highest BCUT2D eigenvalue weighted by Gasteiger charge is 2.49. The molecule has 0 N–H and O–H groups in total. The van der Waals surface area contributed by atoms with Gasteiger partial charge in [-0.3, -0.25) is 14.4 Å². The predicted molar refractivity (Wildman–Crippen MR) is 118 cm³/mol. The number of rotatable bonds is 9. The van der Waals surface area contributed by atoms with Crippen molar-refractivity contribution in [1.82, 2.24) is 0 Å². The quantitative estimate of drug-likeness (QED) is 0.431. The molecule has 0 saturated heterocycles. The minimum Gasteiger partial charge on any atom is -0.551 e.